The van der Waals surface area contributed by atoms with Crippen LogP contribution in [0.4, 0.5) is 8.78 Å². The lowest BCUT2D eigenvalue weighted by atomic mass is 9.88. The van der Waals surface area contributed by atoms with Gasteiger partial charge in [-0.05, 0) is 18.9 Å². The van der Waals surface area contributed by atoms with Crippen molar-refractivity contribution in [3.05, 3.63) is 35.4 Å². The van der Waals surface area contributed by atoms with E-state index >= 15 is 0 Å². The molecule has 0 fully saturated rings. The van der Waals surface area contributed by atoms with Gasteiger partial charge >= 0.3 is 0 Å². The summed E-state index contributed by atoms with van der Waals surface area (Å²) in [7, 11) is 0. The van der Waals surface area contributed by atoms with E-state index in [0.717, 1.165) is 5.56 Å². The molecule has 1 rings (SSSR count). The molecule has 14 heavy (non-hydrogen) atoms. The Bertz CT molecular complexity index is 312. The number of hydrogen-bond donors (Lipinski definition) is 1. The smallest absolute Gasteiger partial charge is 0.260 e. The molecule has 0 aliphatic rings. The van der Waals surface area contributed by atoms with Crippen molar-refractivity contribution >= 4 is 0 Å². The predicted octanol–water partition coefficient (Wildman–Crippen LogP) is 2.82. The van der Waals surface area contributed by atoms with E-state index < -0.39 is 12.0 Å². The molecule has 0 spiro atoms. The van der Waals surface area contributed by atoms with Gasteiger partial charge in [-0.15, -0.1) is 0 Å². The molecule has 1 aromatic rings. The second-order valence-corrected chi connectivity index (χ2v) is 3.56. The molecule has 0 radical (unpaired) electrons. The van der Waals surface area contributed by atoms with Crippen LogP contribution in [0.5, 0.6) is 0 Å². The van der Waals surface area contributed by atoms with Crippen LogP contribution in [0.3, 0.4) is 0 Å². The van der Waals surface area contributed by atoms with Crippen LogP contribution in [0.25, 0.3) is 0 Å². The van der Waals surface area contributed by atoms with Gasteiger partial charge in [-0.25, -0.2) is 8.78 Å². The van der Waals surface area contributed by atoms with E-state index in [1.165, 1.54) is 0 Å². The Labute approximate surface area is 82.9 Å². The molecule has 3 heteroatoms. The normalized spacial score (nSPS) is 15.6. The van der Waals surface area contributed by atoms with E-state index in [2.05, 4.69) is 0 Å². The molecular weight excluding hydrogens is 184 g/mol. The Morgan fingerprint density at radius 3 is 2.50 bits per heavy atom. The number of hydrogen-bond acceptors (Lipinski definition) is 1. The highest BCUT2D eigenvalue weighted by atomic mass is 19.3. The highest BCUT2D eigenvalue weighted by Crippen LogP contribution is 2.29. The van der Waals surface area contributed by atoms with Crippen molar-refractivity contribution in [2.45, 2.75) is 32.2 Å². The van der Waals surface area contributed by atoms with E-state index in [1.54, 1.807) is 25.1 Å². The lowest BCUT2D eigenvalue weighted by molar-refractivity contribution is 0.0494. The first-order valence-electron chi connectivity index (χ1n) is 4.65. The molecule has 0 heterocycles. The summed E-state index contributed by atoms with van der Waals surface area (Å²) in [5, 5.41) is 0. The minimum Gasteiger partial charge on any atom is -0.317 e. The molecule has 0 aromatic heterocycles. The third-order valence-corrected chi connectivity index (χ3v) is 2.53. The molecule has 0 saturated heterocycles. The molecule has 1 aromatic carbocycles. The number of benzene rings is 1. The highest BCUT2D eigenvalue weighted by Gasteiger charge is 2.35. The summed E-state index contributed by atoms with van der Waals surface area (Å²) in [5.41, 5.74) is 5.63. The summed E-state index contributed by atoms with van der Waals surface area (Å²) >= 11 is 0. The second kappa shape index (κ2) is 4.05. The summed E-state index contributed by atoms with van der Waals surface area (Å²) < 4.78 is 25.6. The fourth-order valence-corrected chi connectivity index (χ4v) is 1.42. The largest absolute Gasteiger partial charge is 0.317 e. The first-order chi connectivity index (χ1) is 6.50. The maximum absolute atomic E-state index is 12.8. The Balaban J connectivity index is 3.12. The number of aryl methyl sites for hydroxylation is 1. The highest BCUT2D eigenvalue weighted by molar-refractivity contribution is 5.29. The van der Waals surface area contributed by atoms with Gasteiger partial charge in [0.05, 0.1) is 0 Å². The topological polar surface area (TPSA) is 26.0 Å². The van der Waals surface area contributed by atoms with Gasteiger partial charge in [-0.1, -0.05) is 36.8 Å². The minimum absolute atomic E-state index is 0.230. The third kappa shape index (κ3) is 1.93. The van der Waals surface area contributed by atoms with Crippen molar-refractivity contribution in [3.8, 4) is 0 Å². The lowest BCUT2D eigenvalue weighted by Gasteiger charge is -2.27. The Morgan fingerprint density at radius 1 is 1.43 bits per heavy atom. The van der Waals surface area contributed by atoms with Gasteiger partial charge in [-0.3, -0.25) is 0 Å². The number of alkyl halides is 2. The Kier molecular flexibility index (Phi) is 3.21. The summed E-state index contributed by atoms with van der Waals surface area (Å²) in [4.78, 5) is 0. The standard InChI is InChI=1S/C11H15F2N/c1-3-11(14,10(12)13)9-6-4-5-8(2)7-9/h4-7,10H,3,14H2,1-2H3. The molecule has 1 atom stereocenters. The average Bonchev–Trinajstić information content (AvgIpc) is 2.16. The molecule has 1 nitrogen and oxygen atoms in total. The second-order valence-electron chi connectivity index (χ2n) is 3.56. The molecule has 0 aliphatic carbocycles. The maximum Gasteiger partial charge on any atom is 0.260 e. The van der Waals surface area contributed by atoms with Gasteiger partial charge in [0, 0.05) is 0 Å². The van der Waals surface area contributed by atoms with Crippen LogP contribution < -0.4 is 5.73 Å². The SMILES string of the molecule is CCC(N)(c1cccc(C)c1)C(F)F. The van der Waals surface area contributed by atoms with E-state index in [0.29, 0.717) is 5.56 Å². The number of halogens is 2. The van der Waals surface area contributed by atoms with Gasteiger partial charge in [-0.2, -0.15) is 0 Å². The van der Waals surface area contributed by atoms with E-state index in [-0.39, 0.29) is 6.42 Å². The third-order valence-electron chi connectivity index (χ3n) is 2.53. The fourth-order valence-electron chi connectivity index (χ4n) is 1.42. The lowest BCUT2D eigenvalue weighted by Crippen LogP contribution is -2.43. The summed E-state index contributed by atoms with van der Waals surface area (Å²) in [6, 6.07) is 6.99. The Hall–Kier alpha value is -0.960. The molecule has 2 N–H and O–H groups in total. The van der Waals surface area contributed by atoms with Crippen LogP contribution in [0, 0.1) is 6.92 Å². The first kappa shape index (κ1) is 11.1. The minimum atomic E-state index is -2.53. The van der Waals surface area contributed by atoms with Gasteiger partial charge in [0.2, 0.25) is 0 Å². The van der Waals surface area contributed by atoms with Gasteiger partial charge in [0.25, 0.3) is 6.43 Å². The summed E-state index contributed by atoms with van der Waals surface area (Å²) in [6.45, 7) is 3.54. The molecule has 1 unspecified atom stereocenters. The van der Waals surface area contributed by atoms with Crippen LogP contribution in [0.1, 0.15) is 24.5 Å². The average molecular weight is 199 g/mol. The van der Waals surface area contributed by atoms with Crippen LogP contribution >= 0.6 is 0 Å². The van der Waals surface area contributed by atoms with Crippen molar-refractivity contribution in [3.63, 3.8) is 0 Å². The first-order valence-corrected chi connectivity index (χ1v) is 4.65. The van der Waals surface area contributed by atoms with Gasteiger partial charge < -0.3 is 5.73 Å². The maximum atomic E-state index is 12.8. The predicted molar refractivity (Wildman–Crippen MR) is 53.3 cm³/mol. The molecule has 0 aliphatic heterocycles. The van der Waals surface area contributed by atoms with Crippen LogP contribution in [-0.4, -0.2) is 6.43 Å². The molecule has 78 valence electrons. The van der Waals surface area contributed by atoms with Gasteiger partial charge in [0.15, 0.2) is 0 Å². The monoisotopic (exact) mass is 199 g/mol. The van der Waals surface area contributed by atoms with E-state index in [9.17, 15) is 8.78 Å². The van der Waals surface area contributed by atoms with Crippen molar-refractivity contribution in [2.75, 3.05) is 0 Å². The number of rotatable bonds is 3. The van der Waals surface area contributed by atoms with Crippen molar-refractivity contribution in [1.29, 1.82) is 0 Å². The Morgan fingerprint density at radius 2 is 2.07 bits per heavy atom. The van der Waals surface area contributed by atoms with E-state index in [1.807, 2.05) is 13.0 Å². The molecule has 0 bridgehead atoms. The summed E-state index contributed by atoms with van der Waals surface area (Å²) in [6.07, 6.45) is -2.30. The van der Waals surface area contributed by atoms with Crippen molar-refractivity contribution in [1.82, 2.24) is 0 Å². The van der Waals surface area contributed by atoms with Crippen LogP contribution in [0.15, 0.2) is 24.3 Å². The molecule has 0 amide bonds. The van der Waals surface area contributed by atoms with Crippen LogP contribution in [-0.2, 0) is 5.54 Å². The zero-order valence-corrected chi connectivity index (χ0v) is 8.43. The zero-order chi connectivity index (χ0) is 10.8. The van der Waals surface area contributed by atoms with Crippen molar-refractivity contribution < 1.29 is 8.78 Å². The quantitative estimate of drug-likeness (QED) is 0.795. The summed E-state index contributed by atoms with van der Waals surface area (Å²) in [5.74, 6) is 0. The molecular formula is C11H15F2N. The molecule has 0 saturated carbocycles. The van der Waals surface area contributed by atoms with E-state index in [4.69, 9.17) is 5.73 Å². The van der Waals surface area contributed by atoms with Crippen LogP contribution in [0.2, 0.25) is 0 Å². The fraction of sp³-hybridized carbons (Fsp3) is 0.455. The number of nitrogens with two attached hydrogens (primary N) is 1. The zero-order valence-electron chi connectivity index (χ0n) is 8.43. The van der Waals surface area contributed by atoms with Crippen molar-refractivity contribution in [2.24, 2.45) is 5.73 Å². The van der Waals surface area contributed by atoms with Gasteiger partial charge in [0.1, 0.15) is 5.54 Å².